The first-order valence-electron chi connectivity index (χ1n) is 10.3. The van der Waals surface area contributed by atoms with E-state index in [1.807, 2.05) is 11.8 Å². The SMILES string of the molecule is CCNC(=O)CN1CCN(C(=O)c2ccccc2NC(=O)c2ccc(OC)cc2)CC1. The number of carbonyl (C=O) groups is 3. The molecule has 3 amide bonds. The largest absolute Gasteiger partial charge is 0.497 e. The van der Waals surface area contributed by atoms with Crippen LogP contribution in [0, 0.1) is 0 Å². The van der Waals surface area contributed by atoms with Gasteiger partial charge >= 0.3 is 0 Å². The van der Waals surface area contributed by atoms with E-state index in [0.717, 1.165) is 0 Å². The van der Waals surface area contributed by atoms with Gasteiger partial charge in [-0.2, -0.15) is 0 Å². The van der Waals surface area contributed by atoms with Crippen molar-refractivity contribution in [3.05, 3.63) is 59.7 Å². The zero-order valence-electron chi connectivity index (χ0n) is 17.9. The standard InChI is InChI=1S/C23H28N4O4/c1-3-24-21(28)16-26-12-14-27(15-13-26)23(30)19-6-4-5-7-20(19)25-22(29)17-8-10-18(31-2)11-9-17/h4-11H,3,12-16H2,1-2H3,(H,24,28)(H,25,29). The third-order valence-corrected chi connectivity index (χ3v) is 5.16. The third-order valence-electron chi connectivity index (χ3n) is 5.16. The van der Waals surface area contributed by atoms with Crippen LogP contribution in [-0.2, 0) is 4.79 Å². The van der Waals surface area contributed by atoms with E-state index in [1.54, 1.807) is 60.5 Å². The van der Waals surface area contributed by atoms with Crippen LogP contribution in [0.25, 0.3) is 0 Å². The minimum Gasteiger partial charge on any atom is -0.497 e. The molecule has 0 aromatic heterocycles. The van der Waals surface area contributed by atoms with E-state index in [-0.39, 0.29) is 17.7 Å². The van der Waals surface area contributed by atoms with Crippen molar-refractivity contribution < 1.29 is 19.1 Å². The first kappa shape index (κ1) is 22.3. The molecule has 1 fully saturated rings. The molecule has 0 spiro atoms. The summed E-state index contributed by atoms with van der Waals surface area (Å²) in [5.74, 6) is 0.227. The second kappa shape index (κ2) is 10.6. The number of amides is 3. The number of piperazine rings is 1. The lowest BCUT2D eigenvalue weighted by Crippen LogP contribution is -2.51. The molecule has 1 aliphatic heterocycles. The van der Waals surface area contributed by atoms with Gasteiger partial charge in [-0.3, -0.25) is 19.3 Å². The summed E-state index contributed by atoms with van der Waals surface area (Å²) >= 11 is 0. The van der Waals surface area contributed by atoms with Crippen LogP contribution in [0.3, 0.4) is 0 Å². The number of carbonyl (C=O) groups excluding carboxylic acids is 3. The van der Waals surface area contributed by atoms with Crippen LogP contribution in [0.1, 0.15) is 27.6 Å². The minimum absolute atomic E-state index is 0.00568. The average Bonchev–Trinajstić information content (AvgIpc) is 2.79. The van der Waals surface area contributed by atoms with Gasteiger partial charge < -0.3 is 20.3 Å². The average molecular weight is 425 g/mol. The Balaban J connectivity index is 1.64. The number of para-hydroxylation sites is 1. The Kier molecular flexibility index (Phi) is 7.61. The summed E-state index contributed by atoms with van der Waals surface area (Å²) in [7, 11) is 1.57. The lowest BCUT2D eigenvalue weighted by molar-refractivity contribution is -0.122. The van der Waals surface area contributed by atoms with Crippen molar-refractivity contribution in [3.8, 4) is 5.75 Å². The number of ether oxygens (including phenoxy) is 1. The monoisotopic (exact) mass is 424 g/mol. The molecule has 3 rings (SSSR count). The van der Waals surface area contributed by atoms with Crippen LogP contribution in [0.2, 0.25) is 0 Å². The number of nitrogens with one attached hydrogen (secondary N) is 2. The highest BCUT2D eigenvalue weighted by atomic mass is 16.5. The Morgan fingerprint density at radius 3 is 2.29 bits per heavy atom. The first-order chi connectivity index (χ1) is 15.0. The highest BCUT2D eigenvalue weighted by molar-refractivity contribution is 6.09. The molecule has 8 nitrogen and oxygen atoms in total. The summed E-state index contributed by atoms with van der Waals surface area (Å²) in [5, 5.41) is 5.63. The Morgan fingerprint density at radius 1 is 0.968 bits per heavy atom. The molecule has 31 heavy (non-hydrogen) atoms. The predicted molar refractivity (Wildman–Crippen MR) is 118 cm³/mol. The fourth-order valence-electron chi connectivity index (χ4n) is 3.45. The maximum atomic E-state index is 13.1. The van der Waals surface area contributed by atoms with Crippen LogP contribution in [0.5, 0.6) is 5.75 Å². The smallest absolute Gasteiger partial charge is 0.256 e. The summed E-state index contributed by atoms with van der Waals surface area (Å²) in [6, 6.07) is 13.8. The lowest BCUT2D eigenvalue weighted by Gasteiger charge is -2.34. The van der Waals surface area contributed by atoms with Gasteiger partial charge in [-0.1, -0.05) is 12.1 Å². The molecule has 0 aliphatic carbocycles. The minimum atomic E-state index is -0.297. The molecule has 0 bridgehead atoms. The molecule has 1 aliphatic rings. The molecule has 8 heteroatoms. The molecule has 0 saturated carbocycles. The van der Waals surface area contributed by atoms with Gasteiger partial charge in [0.15, 0.2) is 0 Å². The van der Waals surface area contributed by atoms with Crippen molar-refractivity contribution in [3.63, 3.8) is 0 Å². The van der Waals surface area contributed by atoms with Crippen LogP contribution in [0.4, 0.5) is 5.69 Å². The number of likely N-dealkylation sites (N-methyl/N-ethyl adjacent to an activating group) is 1. The number of hydrogen-bond acceptors (Lipinski definition) is 5. The van der Waals surface area contributed by atoms with Gasteiger partial charge in [0.2, 0.25) is 5.91 Å². The highest BCUT2D eigenvalue weighted by Crippen LogP contribution is 2.20. The van der Waals surface area contributed by atoms with Crippen molar-refractivity contribution in [2.24, 2.45) is 0 Å². The number of anilines is 1. The topological polar surface area (TPSA) is 91.0 Å². The van der Waals surface area contributed by atoms with Gasteiger partial charge in [-0.15, -0.1) is 0 Å². The Morgan fingerprint density at radius 2 is 1.65 bits per heavy atom. The number of benzene rings is 2. The predicted octanol–water partition coefficient (Wildman–Crippen LogP) is 1.84. The van der Waals surface area contributed by atoms with E-state index >= 15 is 0 Å². The van der Waals surface area contributed by atoms with Gasteiger partial charge in [0.05, 0.1) is 24.9 Å². The van der Waals surface area contributed by atoms with E-state index < -0.39 is 0 Å². The maximum Gasteiger partial charge on any atom is 0.256 e. The molecular weight excluding hydrogens is 396 g/mol. The van der Waals surface area contributed by atoms with Crippen LogP contribution in [-0.4, -0.2) is 73.9 Å². The summed E-state index contributed by atoms with van der Waals surface area (Å²) in [4.78, 5) is 41.3. The van der Waals surface area contributed by atoms with Gasteiger partial charge in [0.25, 0.3) is 11.8 Å². The fraction of sp³-hybridized carbons (Fsp3) is 0.348. The number of nitrogens with zero attached hydrogens (tertiary/aromatic N) is 2. The number of hydrogen-bond donors (Lipinski definition) is 2. The zero-order valence-corrected chi connectivity index (χ0v) is 17.9. The van der Waals surface area contributed by atoms with Crippen molar-refractivity contribution >= 4 is 23.4 Å². The molecular formula is C23H28N4O4. The normalized spacial score (nSPS) is 14.1. The van der Waals surface area contributed by atoms with Gasteiger partial charge in [0, 0.05) is 38.3 Å². The second-order valence-electron chi connectivity index (χ2n) is 7.25. The fourth-order valence-corrected chi connectivity index (χ4v) is 3.45. The Hall–Kier alpha value is -3.39. The van der Waals surface area contributed by atoms with E-state index in [4.69, 9.17) is 4.74 Å². The zero-order chi connectivity index (χ0) is 22.2. The number of methoxy groups -OCH3 is 1. The maximum absolute atomic E-state index is 13.1. The summed E-state index contributed by atoms with van der Waals surface area (Å²) in [6.45, 7) is 5.14. The van der Waals surface area contributed by atoms with Gasteiger partial charge in [-0.05, 0) is 43.3 Å². The molecule has 2 N–H and O–H groups in total. The molecule has 164 valence electrons. The number of rotatable bonds is 7. The molecule has 1 heterocycles. The van der Waals surface area contributed by atoms with Gasteiger partial charge in [0.1, 0.15) is 5.75 Å². The van der Waals surface area contributed by atoms with E-state index in [9.17, 15) is 14.4 Å². The van der Waals surface area contributed by atoms with E-state index in [0.29, 0.717) is 61.8 Å². The molecule has 0 unspecified atom stereocenters. The van der Waals surface area contributed by atoms with Gasteiger partial charge in [-0.25, -0.2) is 0 Å². The summed E-state index contributed by atoms with van der Waals surface area (Å²) in [5.41, 5.74) is 1.39. The summed E-state index contributed by atoms with van der Waals surface area (Å²) in [6.07, 6.45) is 0. The van der Waals surface area contributed by atoms with Crippen LogP contribution < -0.4 is 15.4 Å². The third kappa shape index (κ3) is 5.82. The van der Waals surface area contributed by atoms with Crippen molar-refractivity contribution in [1.29, 1.82) is 0 Å². The van der Waals surface area contributed by atoms with Crippen LogP contribution >= 0.6 is 0 Å². The Bertz CT molecular complexity index is 921. The first-order valence-corrected chi connectivity index (χ1v) is 10.3. The molecule has 1 saturated heterocycles. The highest BCUT2D eigenvalue weighted by Gasteiger charge is 2.25. The van der Waals surface area contributed by atoms with E-state index in [2.05, 4.69) is 10.6 Å². The second-order valence-corrected chi connectivity index (χ2v) is 7.25. The summed E-state index contributed by atoms with van der Waals surface area (Å²) < 4.78 is 5.12. The van der Waals surface area contributed by atoms with Crippen molar-refractivity contribution in [1.82, 2.24) is 15.1 Å². The van der Waals surface area contributed by atoms with Crippen molar-refractivity contribution in [2.45, 2.75) is 6.92 Å². The molecule has 2 aromatic carbocycles. The van der Waals surface area contributed by atoms with E-state index in [1.165, 1.54) is 0 Å². The molecule has 2 aromatic rings. The quantitative estimate of drug-likeness (QED) is 0.708. The Labute approximate surface area is 182 Å². The molecule has 0 radical (unpaired) electrons. The van der Waals surface area contributed by atoms with Crippen molar-refractivity contribution in [2.75, 3.05) is 51.7 Å². The molecule has 0 atom stereocenters. The lowest BCUT2D eigenvalue weighted by atomic mass is 10.1. The van der Waals surface area contributed by atoms with Crippen LogP contribution in [0.15, 0.2) is 48.5 Å².